The van der Waals surface area contributed by atoms with Crippen LogP contribution in [-0.4, -0.2) is 50.0 Å². The third-order valence-electron chi connectivity index (χ3n) is 4.46. The fourth-order valence-electron chi connectivity index (χ4n) is 3.02. The van der Waals surface area contributed by atoms with Gasteiger partial charge in [0.05, 0.1) is 7.11 Å². The standard InChI is InChI=1S/C20H23N3O3/c1-15-5-3-7-17(13-15)22-9-11-23(12-10-22)20(25)19(24)21-16-6-4-8-18(14-16)26-2/h3-8,13-14H,9-12H2,1-2H3,(H,21,24). The van der Waals surface area contributed by atoms with Crippen molar-refractivity contribution in [2.75, 3.05) is 43.5 Å². The van der Waals surface area contributed by atoms with Crippen LogP contribution in [-0.2, 0) is 9.59 Å². The lowest BCUT2D eigenvalue weighted by Crippen LogP contribution is -2.51. The molecule has 0 bridgehead atoms. The molecule has 0 aliphatic carbocycles. The highest BCUT2D eigenvalue weighted by atomic mass is 16.5. The lowest BCUT2D eigenvalue weighted by atomic mass is 10.2. The first-order valence-electron chi connectivity index (χ1n) is 8.63. The zero-order valence-electron chi connectivity index (χ0n) is 15.1. The van der Waals surface area contributed by atoms with E-state index in [0.29, 0.717) is 37.6 Å². The molecule has 0 spiro atoms. The zero-order chi connectivity index (χ0) is 18.5. The van der Waals surface area contributed by atoms with Crippen molar-refractivity contribution in [2.45, 2.75) is 6.92 Å². The largest absolute Gasteiger partial charge is 0.497 e. The first kappa shape index (κ1) is 17.8. The van der Waals surface area contributed by atoms with Gasteiger partial charge in [-0.3, -0.25) is 9.59 Å². The molecule has 0 aromatic heterocycles. The second-order valence-electron chi connectivity index (χ2n) is 6.30. The zero-order valence-corrected chi connectivity index (χ0v) is 15.1. The Balaban J connectivity index is 1.56. The first-order valence-corrected chi connectivity index (χ1v) is 8.63. The van der Waals surface area contributed by atoms with Crippen LogP contribution in [0.3, 0.4) is 0 Å². The van der Waals surface area contributed by atoms with Crippen molar-refractivity contribution in [1.82, 2.24) is 4.90 Å². The van der Waals surface area contributed by atoms with Gasteiger partial charge in [-0.25, -0.2) is 0 Å². The van der Waals surface area contributed by atoms with E-state index in [2.05, 4.69) is 35.3 Å². The van der Waals surface area contributed by atoms with Gasteiger partial charge in [-0.05, 0) is 36.8 Å². The van der Waals surface area contributed by atoms with Crippen molar-refractivity contribution < 1.29 is 14.3 Å². The van der Waals surface area contributed by atoms with E-state index in [4.69, 9.17) is 4.74 Å². The average Bonchev–Trinajstić information content (AvgIpc) is 2.67. The summed E-state index contributed by atoms with van der Waals surface area (Å²) in [6.45, 7) is 4.53. The van der Waals surface area contributed by atoms with Crippen LogP contribution in [0, 0.1) is 6.92 Å². The van der Waals surface area contributed by atoms with Crippen LogP contribution in [0.4, 0.5) is 11.4 Å². The molecular formula is C20H23N3O3. The highest BCUT2D eigenvalue weighted by Gasteiger charge is 2.26. The molecule has 0 unspecified atom stereocenters. The summed E-state index contributed by atoms with van der Waals surface area (Å²) < 4.78 is 5.12. The van der Waals surface area contributed by atoms with Crippen LogP contribution < -0.4 is 15.0 Å². The maximum atomic E-state index is 12.4. The molecule has 6 heteroatoms. The Morgan fingerprint density at radius 2 is 1.73 bits per heavy atom. The number of carbonyl (C=O) groups is 2. The van der Waals surface area contributed by atoms with Crippen molar-refractivity contribution in [1.29, 1.82) is 0 Å². The lowest BCUT2D eigenvalue weighted by molar-refractivity contribution is -0.143. The van der Waals surface area contributed by atoms with Gasteiger partial charge in [-0.1, -0.05) is 18.2 Å². The number of ether oxygens (including phenoxy) is 1. The molecule has 136 valence electrons. The summed E-state index contributed by atoms with van der Waals surface area (Å²) in [6, 6.07) is 15.2. The summed E-state index contributed by atoms with van der Waals surface area (Å²) in [6.07, 6.45) is 0. The van der Waals surface area contributed by atoms with Gasteiger partial charge in [0.15, 0.2) is 0 Å². The fourth-order valence-corrected chi connectivity index (χ4v) is 3.02. The highest BCUT2D eigenvalue weighted by molar-refractivity contribution is 6.39. The van der Waals surface area contributed by atoms with Crippen LogP contribution in [0.25, 0.3) is 0 Å². The number of aryl methyl sites for hydroxylation is 1. The van der Waals surface area contributed by atoms with Gasteiger partial charge in [-0.15, -0.1) is 0 Å². The predicted octanol–water partition coefficient (Wildman–Crippen LogP) is 2.29. The lowest BCUT2D eigenvalue weighted by Gasteiger charge is -2.35. The van der Waals surface area contributed by atoms with Gasteiger partial charge >= 0.3 is 11.8 Å². The molecule has 0 radical (unpaired) electrons. The predicted molar refractivity (Wildman–Crippen MR) is 102 cm³/mol. The van der Waals surface area contributed by atoms with E-state index in [0.717, 1.165) is 5.69 Å². The number of nitrogens with one attached hydrogen (secondary N) is 1. The quantitative estimate of drug-likeness (QED) is 0.860. The van der Waals surface area contributed by atoms with Crippen molar-refractivity contribution >= 4 is 23.2 Å². The van der Waals surface area contributed by atoms with E-state index in [-0.39, 0.29) is 0 Å². The summed E-state index contributed by atoms with van der Waals surface area (Å²) in [7, 11) is 1.56. The Kier molecular flexibility index (Phi) is 5.41. The van der Waals surface area contributed by atoms with Crippen molar-refractivity contribution in [2.24, 2.45) is 0 Å². The van der Waals surface area contributed by atoms with Gasteiger partial charge in [0.2, 0.25) is 0 Å². The molecule has 2 aromatic rings. The van der Waals surface area contributed by atoms with Crippen molar-refractivity contribution in [3.8, 4) is 5.75 Å². The number of amides is 2. The maximum absolute atomic E-state index is 12.4. The van der Waals surface area contributed by atoms with E-state index >= 15 is 0 Å². The Hall–Kier alpha value is -3.02. The van der Waals surface area contributed by atoms with Crippen LogP contribution in [0.2, 0.25) is 0 Å². The molecule has 2 amide bonds. The minimum atomic E-state index is -0.623. The number of hydrogen-bond acceptors (Lipinski definition) is 4. The number of benzene rings is 2. The fraction of sp³-hybridized carbons (Fsp3) is 0.300. The molecule has 1 aliphatic heterocycles. The molecule has 1 N–H and O–H groups in total. The maximum Gasteiger partial charge on any atom is 0.313 e. The van der Waals surface area contributed by atoms with Crippen LogP contribution >= 0.6 is 0 Å². The van der Waals surface area contributed by atoms with E-state index in [1.807, 2.05) is 6.07 Å². The smallest absolute Gasteiger partial charge is 0.313 e. The van der Waals surface area contributed by atoms with Gasteiger partial charge < -0.3 is 19.9 Å². The van der Waals surface area contributed by atoms with Gasteiger partial charge in [0.25, 0.3) is 0 Å². The molecule has 1 fully saturated rings. The number of hydrogen-bond donors (Lipinski definition) is 1. The third kappa shape index (κ3) is 4.14. The Morgan fingerprint density at radius 3 is 2.42 bits per heavy atom. The molecule has 3 rings (SSSR count). The molecule has 1 heterocycles. The molecular weight excluding hydrogens is 330 g/mol. The molecule has 2 aromatic carbocycles. The molecule has 26 heavy (non-hydrogen) atoms. The van der Waals surface area contributed by atoms with E-state index in [1.165, 1.54) is 5.56 Å². The van der Waals surface area contributed by atoms with E-state index in [1.54, 1.807) is 36.3 Å². The minimum absolute atomic E-state index is 0.503. The first-order chi connectivity index (χ1) is 12.6. The SMILES string of the molecule is COc1cccc(NC(=O)C(=O)N2CCN(c3cccc(C)c3)CC2)c1. The minimum Gasteiger partial charge on any atom is -0.497 e. The topological polar surface area (TPSA) is 61.9 Å². The summed E-state index contributed by atoms with van der Waals surface area (Å²) in [5.74, 6) is -0.499. The average molecular weight is 353 g/mol. The Morgan fingerprint density at radius 1 is 1.00 bits per heavy atom. The normalized spacial score (nSPS) is 14.1. The summed E-state index contributed by atoms with van der Waals surface area (Å²) >= 11 is 0. The number of piperazine rings is 1. The van der Waals surface area contributed by atoms with Gasteiger partial charge in [0, 0.05) is 43.6 Å². The Labute approximate surface area is 153 Å². The molecule has 1 aliphatic rings. The van der Waals surface area contributed by atoms with Crippen LogP contribution in [0.1, 0.15) is 5.56 Å². The molecule has 0 atom stereocenters. The number of methoxy groups -OCH3 is 1. The van der Waals surface area contributed by atoms with E-state index < -0.39 is 11.8 Å². The molecule has 6 nitrogen and oxygen atoms in total. The van der Waals surface area contributed by atoms with Crippen LogP contribution in [0.15, 0.2) is 48.5 Å². The van der Waals surface area contributed by atoms with Crippen molar-refractivity contribution in [3.05, 3.63) is 54.1 Å². The Bertz CT molecular complexity index is 798. The number of carbonyl (C=O) groups excluding carboxylic acids is 2. The number of nitrogens with zero attached hydrogens (tertiary/aromatic N) is 2. The third-order valence-corrected chi connectivity index (χ3v) is 4.46. The monoisotopic (exact) mass is 353 g/mol. The van der Waals surface area contributed by atoms with Gasteiger partial charge in [0.1, 0.15) is 5.75 Å². The second-order valence-corrected chi connectivity index (χ2v) is 6.30. The summed E-state index contributed by atoms with van der Waals surface area (Å²) in [5, 5.41) is 2.64. The summed E-state index contributed by atoms with van der Waals surface area (Å²) in [5.41, 5.74) is 2.90. The molecule has 1 saturated heterocycles. The molecule has 0 saturated carbocycles. The summed E-state index contributed by atoms with van der Waals surface area (Å²) in [4.78, 5) is 28.5. The van der Waals surface area contributed by atoms with E-state index in [9.17, 15) is 9.59 Å². The van der Waals surface area contributed by atoms with Crippen LogP contribution in [0.5, 0.6) is 5.75 Å². The highest BCUT2D eigenvalue weighted by Crippen LogP contribution is 2.19. The second kappa shape index (κ2) is 7.91. The number of rotatable bonds is 3. The van der Waals surface area contributed by atoms with Gasteiger partial charge in [-0.2, -0.15) is 0 Å². The number of anilines is 2. The van der Waals surface area contributed by atoms with Crippen molar-refractivity contribution in [3.63, 3.8) is 0 Å².